The Hall–Kier alpha value is -3.63. The second-order valence-electron chi connectivity index (χ2n) is 8.33. The van der Waals surface area contributed by atoms with Gasteiger partial charge in [0.05, 0.1) is 0 Å². The molecule has 0 spiro atoms. The van der Waals surface area contributed by atoms with Gasteiger partial charge in [0.15, 0.2) is 0 Å². The second kappa shape index (κ2) is 8.86. The Morgan fingerprint density at radius 3 is 1.03 bits per heavy atom. The molecular formula is C24H22N10Ti. The van der Waals surface area contributed by atoms with E-state index in [1.54, 1.807) is 0 Å². The average molecular weight is 498 g/mol. The van der Waals surface area contributed by atoms with Crippen molar-refractivity contribution >= 4 is 23.3 Å². The summed E-state index contributed by atoms with van der Waals surface area (Å²) in [6.07, 6.45) is 16.3. The van der Waals surface area contributed by atoms with Crippen molar-refractivity contribution in [1.82, 2.24) is 29.6 Å². The molecule has 10 nitrogen and oxygen atoms in total. The number of pyridine rings is 2. The minimum absolute atomic E-state index is 0. The zero-order valence-electron chi connectivity index (χ0n) is 18.8. The van der Waals surface area contributed by atoms with Crippen LogP contribution in [0.3, 0.4) is 0 Å². The Bertz CT molecular complexity index is 1040. The fourth-order valence-electron chi connectivity index (χ4n) is 4.23. The molecule has 11 heteroatoms. The van der Waals surface area contributed by atoms with E-state index in [-0.39, 0.29) is 21.7 Å². The van der Waals surface area contributed by atoms with Crippen LogP contribution in [0.4, 0.5) is 23.3 Å². The minimum Gasteiger partial charge on any atom is -0.494 e. The molecule has 7 heterocycles. The standard InChI is InChI=1S/C24H22N10.Ti/c1-3-21-25-22(4-1)32-12-8-28(18-32)16-30-10-14-34(20-30)24-6-2-5-23(26-24)33-13-9-29(19-33)15-27-7-11-31(21)17-27;/h1-14,17-20H,15-16H2;/q-4;+4. The van der Waals surface area contributed by atoms with Crippen LogP contribution in [-0.4, -0.2) is 42.9 Å². The van der Waals surface area contributed by atoms with Crippen molar-refractivity contribution in [2.45, 2.75) is 0 Å². The molecule has 0 saturated carbocycles. The van der Waals surface area contributed by atoms with Crippen LogP contribution in [-0.2, 0) is 21.7 Å². The predicted molar refractivity (Wildman–Crippen MR) is 129 cm³/mol. The second-order valence-corrected chi connectivity index (χ2v) is 8.33. The van der Waals surface area contributed by atoms with E-state index < -0.39 is 0 Å². The van der Waals surface area contributed by atoms with Gasteiger partial charge in [-0.15, -0.1) is 26.7 Å². The van der Waals surface area contributed by atoms with E-state index in [0.717, 1.165) is 23.3 Å². The van der Waals surface area contributed by atoms with Gasteiger partial charge in [0, 0.05) is 13.3 Å². The zero-order chi connectivity index (χ0) is 22.5. The fourth-order valence-corrected chi connectivity index (χ4v) is 4.23. The van der Waals surface area contributed by atoms with Crippen LogP contribution in [0.5, 0.6) is 0 Å². The molecule has 0 N–H and O–H groups in total. The van der Waals surface area contributed by atoms with Crippen molar-refractivity contribution in [3.63, 3.8) is 0 Å². The van der Waals surface area contributed by atoms with Gasteiger partial charge in [-0.3, -0.25) is 0 Å². The largest absolute Gasteiger partial charge is 4.00 e. The molecule has 0 unspecified atom stereocenters. The number of anilines is 4. The first-order valence-corrected chi connectivity index (χ1v) is 11.0. The molecule has 12 bridgehead atoms. The molecule has 2 aromatic heterocycles. The summed E-state index contributed by atoms with van der Waals surface area (Å²) < 4.78 is 0. The summed E-state index contributed by atoms with van der Waals surface area (Å²) in [4.78, 5) is 26.3. The third kappa shape index (κ3) is 4.19. The summed E-state index contributed by atoms with van der Waals surface area (Å²) in [6, 6.07) is 12.1. The van der Waals surface area contributed by atoms with Crippen molar-refractivity contribution in [2.75, 3.05) is 32.9 Å². The number of nitrogens with zero attached hydrogens (tertiary/aromatic N) is 10. The van der Waals surface area contributed by atoms with Crippen molar-refractivity contribution < 1.29 is 21.7 Å². The molecule has 172 valence electrons. The Labute approximate surface area is 219 Å². The van der Waals surface area contributed by atoms with Crippen LogP contribution in [0.15, 0.2) is 86.0 Å². The minimum atomic E-state index is 0. The van der Waals surface area contributed by atoms with E-state index in [9.17, 15) is 0 Å². The van der Waals surface area contributed by atoms with Gasteiger partial charge in [-0.25, -0.2) is 9.97 Å². The van der Waals surface area contributed by atoms with Crippen molar-refractivity contribution in [1.29, 1.82) is 0 Å². The van der Waals surface area contributed by atoms with Gasteiger partial charge in [0.25, 0.3) is 0 Å². The molecule has 0 fully saturated rings. The van der Waals surface area contributed by atoms with Crippen molar-refractivity contribution in [3.05, 3.63) is 113 Å². The molecule has 0 saturated heterocycles. The Morgan fingerprint density at radius 1 is 0.457 bits per heavy atom. The van der Waals surface area contributed by atoms with Gasteiger partial charge < -0.3 is 39.2 Å². The molecule has 5 aliphatic rings. The van der Waals surface area contributed by atoms with Gasteiger partial charge in [-0.2, -0.15) is 0 Å². The van der Waals surface area contributed by atoms with E-state index in [2.05, 4.69) is 19.6 Å². The van der Waals surface area contributed by atoms with Gasteiger partial charge in [0.1, 0.15) is 23.3 Å². The molecular weight excluding hydrogens is 476 g/mol. The monoisotopic (exact) mass is 498 g/mol. The van der Waals surface area contributed by atoms with Gasteiger partial charge >= 0.3 is 21.7 Å². The van der Waals surface area contributed by atoms with E-state index in [1.807, 2.05) is 132 Å². The van der Waals surface area contributed by atoms with E-state index in [1.165, 1.54) is 0 Å². The summed E-state index contributed by atoms with van der Waals surface area (Å²) in [5.41, 5.74) is 0. The van der Waals surface area contributed by atoms with E-state index in [0.29, 0.717) is 13.3 Å². The fraction of sp³-hybridized carbons (Fsp3) is 0.0833. The number of rotatable bonds is 0. The van der Waals surface area contributed by atoms with E-state index in [4.69, 9.17) is 9.97 Å². The van der Waals surface area contributed by atoms with Crippen molar-refractivity contribution in [2.24, 2.45) is 0 Å². The number of aromatic nitrogens is 2. The van der Waals surface area contributed by atoms with Gasteiger partial charge in [-0.05, 0) is 73.9 Å². The number of fused-ring (bicyclic) bond motifs is 16. The Balaban J connectivity index is 0.00000229. The first kappa shape index (κ1) is 21.9. The third-order valence-corrected chi connectivity index (χ3v) is 5.92. The quantitative estimate of drug-likeness (QED) is 0.401. The summed E-state index contributed by atoms with van der Waals surface area (Å²) >= 11 is 0. The number of hydrogen-bond acceptors (Lipinski definition) is 10. The molecule has 0 aromatic carbocycles. The molecule has 7 rings (SSSR count). The molecule has 0 atom stereocenters. The zero-order valence-corrected chi connectivity index (χ0v) is 20.3. The third-order valence-electron chi connectivity index (χ3n) is 5.92. The molecule has 0 radical (unpaired) electrons. The van der Waals surface area contributed by atoms with Gasteiger partial charge in [-0.1, -0.05) is 12.1 Å². The van der Waals surface area contributed by atoms with E-state index >= 15 is 0 Å². The smallest absolute Gasteiger partial charge is 0.494 e. The predicted octanol–water partition coefficient (Wildman–Crippen LogP) is 2.95. The maximum absolute atomic E-state index is 4.87. The van der Waals surface area contributed by atoms with Crippen LogP contribution in [0.2, 0.25) is 0 Å². The van der Waals surface area contributed by atoms with Crippen LogP contribution in [0.1, 0.15) is 0 Å². The number of hydrogen-bond donors (Lipinski definition) is 0. The first-order valence-electron chi connectivity index (χ1n) is 11.0. The normalized spacial score (nSPS) is 19.9. The Morgan fingerprint density at radius 2 is 0.743 bits per heavy atom. The molecule has 2 aromatic rings. The maximum atomic E-state index is 4.87. The average Bonchev–Trinajstić information content (AvgIpc) is 3.67. The van der Waals surface area contributed by atoms with Crippen molar-refractivity contribution in [3.8, 4) is 0 Å². The summed E-state index contributed by atoms with van der Waals surface area (Å²) in [7, 11) is 0. The molecule has 0 aliphatic carbocycles. The van der Waals surface area contributed by atoms with Crippen LogP contribution >= 0.6 is 0 Å². The van der Waals surface area contributed by atoms with Crippen LogP contribution in [0.25, 0.3) is 0 Å². The summed E-state index contributed by atoms with van der Waals surface area (Å²) in [5, 5.41) is 0. The molecule has 5 aliphatic heterocycles. The molecule has 0 amide bonds. The maximum Gasteiger partial charge on any atom is 4.00 e. The topological polar surface area (TPSA) is 51.7 Å². The Kier molecular flexibility index (Phi) is 5.54. The SMILES string of the molecule is C1=CN2[CH-]N1CN1C=CN([CH-]1)c1cccc(n1)N1C=CN([CH-]1)CN1C=CN([CH-]1)c1cccc2n1.[Ti+4]. The van der Waals surface area contributed by atoms with Gasteiger partial charge in [0.2, 0.25) is 0 Å². The summed E-state index contributed by atoms with van der Waals surface area (Å²) in [5.74, 6) is 3.45. The van der Waals surface area contributed by atoms with Crippen LogP contribution < -0.4 is 19.6 Å². The van der Waals surface area contributed by atoms with Crippen LogP contribution in [0, 0.1) is 26.7 Å². The first-order chi connectivity index (χ1) is 16.8. The summed E-state index contributed by atoms with van der Waals surface area (Å²) in [6.45, 7) is 9.53. The molecule has 35 heavy (non-hydrogen) atoms.